The number of fused-ring (bicyclic) bond motifs is 3. The molecule has 1 unspecified atom stereocenters. The first-order chi connectivity index (χ1) is 11.9. The van der Waals surface area contributed by atoms with Crippen LogP contribution in [0.3, 0.4) is 0 Å². The minimum atomic E-state index is -0.853. The summed E-state index contributed by atoms with van der Waals surface area (Å²) in [5.41, 5.74) is 1.60. The van der Waals surface area contributed by atoms with E-state index in [0.29, 0.717) is 23.3 Å². The van der Waals surface area contributed by atoms with Crippen LogP contribution >= 0.6 is 0 Å². The molecule has 0 bridgehead atoms. The van der Waals surface area contributed by atoms with Gasteiger partial charge in [0, 0.05) is 23.8 Å². The van der Waals surface area contributed by atoms with Crippen molar-refractivity contribution in [3.05, 3.63) is 35.9 Å². The van der Waals surface area contributed by atoms with Gasteiger partial charge in [-0.15, -0.1) is 0 Å². The average molecular weight is 342 g/mol. The molecule has 2 aromatic heterocycles. The van der Waals surface area contributed by atoms with Crippen LogP contribution in [-0.2, 0) is 9.53 Å². The summed E-state index contributed by atoms with van der Waals surface area (Å²) in [4.78, 5) is 27.5. The van der Waals surface area contributed by atoms with Crippen molar-refractivity contribution in [1.29, 1.82) is 0 Å². The molecule has 1 aromatic carbocycles. The minimum Gasteiger partial charge on any atom is -0.462 e. The number of carbonyl (C=O) groups is 2. The molecule has 0 radical (unpaired) electrons. The Morgan fingerprint density at radius 3 is 2.64 bits per heavy atom. The maximum Gasteiger partial charge on any atom is 0.338 e. The highest BCUT2D eigenvalue weighted by Gasteiger charge is 2.18. The number of rotatable bonds is 4. The Hall–Kier alpha value is -2.93. The van der Waals surface area contributed by atoms with E-state index >= 15 is 0 Å². The van der Waals surface area contributed by atoms with Gasteiger partial charge < -0.3 is 14.6 Å². The van der Waals surface area contributed by atoms with Crippen LogP contribution in [0.25, 0.3) is 21.9 Å². The van der Waals surface area contributed by atoms with Crippen molar-refractivity contribution in [2.45, 2.75) is 27.0 Å². The van der Waals surface area contributed by atoms with E-state index in [1.165, 1.54) is 6.92 Å². The lowest BCUT2D eigenvalue weighted by atomic mass is 10.1. The zero-order valence-corrected chi connectivity index (χ0v) is 14.1. The van der Waals surface area contributed by atoms with E-state index in [4.69, 9.17) is 9.47 Å². The molecular formula is C18H18N2O5. The molecule has 3 aromatic rings. The maximum absolute atomic E-state index is 12.0. The third kappa shape index (κ3) is 3.06. The van der Waals surface area contributed by atoms with Gasteiger partial charge in [-0.25, -0.2) is 4.79 Å². The first kappa shape index (κ1) is 16.9. The fraction of sp³-hybridized carbons (Fsp3) is 0.278. The summed E-state index contributed by atoms with van der Waals surface area (Å²) in [5, 5.41) is 11.7. The molecule has 7 nitrogen and oxygen atoms in total. The largest absolute Gasteiger partial charge is 0.462 e. The van der Waals surface area contributed by atoms with E-state index in [2.05, 4.69) is 4.98 Å². The van der Waals surface area contributed by atoms with E-state index in [1.54, 1.807) is 48.7 Å². The van der Waals surface area contributed by atoms with Crippen LogP contribution in [0.2, 0.25) is 0 Å². The third-order valence-corrected chi connectivity index (χ3v) is 3.76. The Labute approximate surface area is 143 Å². The lowest BCUT2D eigenvalue weighted by Crippen LogP contribution is -2.07. The highest BCUT2D eigenvalue weighted by molar-refractivity contribution is 6.09. The molecule has 0 fully saturated rings. The van der Waals surface area contributed by atoms with Gasteiger partial charge in [0.15, 0.2) is 0 Å². The van der Waals surface area contributed by atoms with E-state index in [0.717, 1.165) is 10.8 Å². The Balaban J connectivity index is 2.26. The average Bonchev–Trinajstić information content (AvgIpc) is 2.87. The normalized spacial score (nSPS) is 12.3. The number of benzene rings is 1. The van der Waals surface area contributed by atoms with Crippen LogP contribution in [-0.4, -0.2) is 33.2 Å². The Bertz CT molecular complexity index is 974. The highest BCUT2D eigenvalue weighted by atomic mass is 16.5. The molecule has 2 heterocycles. The Kier molecular flexibility index (Phi) is 4.41. The van der Waals surface area contributed by atoms with E-state index in [9.17, 15) is 14.7 Å². The standard InChI is InChI=1S/C18H18N2O5/c1-4-24-18(23)12-5-7-15-14(9-12)13-6-8-16(25-11(3)22)19-17(13)20(15)10(2)21/h5-10,21H,4H2,1-3H3. The lowest BCUT2D eigenvalue weighted by molar-refractivity contribution is -0.132. The number of aromatic nitrogens is 2. The van der Waals surface area contributed by atoms with Crippen molar-refractivity contribution in [3.63, 3.8) is 0 Å². The molecule has 1 atom stereocenters. The van der Waals surface area contributed by atoms with Crippen LogP contribution in [0.1, 0.15) is 37.4 Å². The number of ether oxygens (including phenoxy) is 2. The summed E-state index contributed by atoms with van der Waals surface area (Å²) >= 11 is 0. The van der Waals surface area contributed by atoms with Crippen LogP contribution < -0.4 is 4.74 Å². The van der Waals surface area contributed by atoms with E-state index in [-0.39, 0.29) is 5.88 Å². The van der Waals surface area contributed by atoms with Crippen molar-refractivity contribution < 1.29 is 24.2 Å². The van der Waals surface area contributed by atoms with Crippen LogP contribution in [0.5, 0.6) is 5.88 Å². The lowest BCUT2D eigenvalue weighted by Gasteiger charge is -2.10. The molecule has 130 valence electrons. The molecule has 7 heteroatoms. The number of aliphatic hydroxyl groups is 1. The molecule has 0 amide bonds. The molecule has 3 rings (SSSR count). The molecule has 0 aliphatic carbocycles. The van der Waals surface area contributed by atoms with Crippen LogP contribution in [0.4, 0.5) is 0 Å². The number of hydrogen-bond donors (Lipinski definition) is 1. The number of nitrogens with zero attached hydrogens (tertiary/aromatic N) is 2. The van der Waals surface area contributed by atoms with Gasteiger partial charge in [-0.2, -0.15) is 4.98 Å². The summed E-state index contributed by atoms with van der Waals surface area (Å²) in [6.45, 7) is 4.94. The second kappa shape index (κ2) is 6.52. The quantitative estimate of drug-likeness (QED) is 0.733. The predicted octanol–water partition coefficient (Wildman–Crippen LogP) is 2.80. The summed E-state index contributed by atoms with van der Waals surface area (Å²) in [6.07, 6.45) is -0.853. The fourth-order valence-electron chi connectivity index (χ4n) is 2.82. The second-order valence-corrected chi connectivity index (χ2v) is 5.57. The number of pyridine rings is 1. The van der Waals surface area contributed by atoms with Crippen molar-refractivity contribution in [2.75, 3.05) is 6.61 Å². The monoisotopic (exact) mass is 342 g/mol. The van der Waals surface area contributed by atoms with Gasteiger partial charge in [-0.3, -0.25) is 9.36 Å². The van der Waals surface area contributed by atoms with Gasteiger partial charge in [-0.05, 0) is 38.1 Å². The zero-order valence-electron chi connectivity index (χ0n) is 14.1. The molecule has 0 aliphatic heterocycles. The van der Waals surface area contributed by atoms with Crippen molar-refractivity contribution in [3.8, 4) is 5.88 Å². The first-order valence-corrected chi connectivity index (χ1v) is 7.90. The van der Waals surface area contributed by atoms with Gasteiger partial charge >= 0.3 is 11.9 Å². The summed E-state index contributed by atoms with van der Waals surface area (Å²) in [7, 11) is 0. The minimum absolute atomic E-state index is 0.148. The molecule has 1 N–H and O–H groups in total. The molecule has 0 spiro atoms. The van der Waals surface area contributed by atoms with Crippen molar-refractivity contribution >= 4 is 33.9 Å². The van der Waals surface area contributed by atoms with Crippen molar-refractivity contribution in [2.24, 2.45) is 0 Å². The van der Waals surface area contributed by atoms with Gasteiger partial charge in [0.1, 0.15) is 11.9 Å². The van der Waals surface area contributed by atoms with E-state index < -0.39 is 18.2 Å². The van der Waals surface area contributed by atoms with Crippen LogP contribution in [0.15, 0.2) is 30.3 Å². The SMILES string of the molecule is CCOC(=O)c1ccc2c(c1)c1ccc(OC(C)=O)nc1n2C(C)O. The van der Waals surface area contributed by atoms with Crippen molar-refractivity contribution in [1.82, 2.24) is 9.55 Å². The Morgan fingerprint density at radius 1 is 1.24 bits per heavy atom. The van der Waals surface area contributed by atoms with Gasteiger partial charge in [0.05, 0.1) is 17.7 Å². The molecular weight excluding hydrogens is 324 g/mol. The summed E-state index contributed by atoms with van der Waals surface area (Å²) in [5.74, 6) is -0.738. The first-order valence-electron chi connectivity index (χ1n) is 7.90. The maximum atomic E-state index is 12.0. The third-order valence-electron chi connectivity index (χ3n) is 3.76. The highest BCUT2D eigenvalue weighted by Crippen LogP contribution is 2.32. The molecule has 0 saturated heterocycles. The second-order valence-electron chi connectivity index (χ2n) is 5.57. The fourth-order valence-corrected chi connectivity index (χ4v) is 2.82. The topological polar surface area (TPSA) is 90.7 Å². The number of esters is 2. The smallest absolute Gasteiger partial charge is 0.338 e. The van der Waals surface area contributed by atoms with Crippen LogP contribution in [0, 0.1) is 0 Å². The van der Waals surface area contributed by atoms with Gasteiger partial charge in [0.25, 0.3) is 0 Å². The Morgan fingerprint density at radius 2 is 2.00 bits per heavy atom. The summed E-state index contributed by atoms with van der Waals surface area (Å²) in [6, 6.07) is 8.41. The molecule has 25 heavy (non-hydrogen) atoms. The number of aliphatic hydroxyl groups excluding tert-OH is 1. The van der Waals surface area contributed by atoms with E-state index in [1.807, 2.05) is 0 Å². The zero-order chi connectivity index (χ0) is 18.1. The van der Waals surface area contributed by atoms with Gasteiger partial charge in [0.2, 0.25) is 5.88 Å². The number of hydrogen-bond acceptors (Lipinski definition) is 6. The summed E-state index contributed by atoms with van der Waals surface area (Å²) < 4.78 is 11.7. The molecule has 0 aliphatic rings. The number of carbonyl (C=O) groups excluding carboxylic acids is 2. The predicted molar refractivity (Wildman–Crippen MR) is 91.4 cm³/mol. The molecule has 0 saturated carbocycles. The van der Waals surface area contributed by atoms with Gasteiger partial charge in [-0.1, -0.05) is 0 Å².